The predicted molar refractivity (Wildman–Crippen MR) is 72.2 cm³/mol. The van der Waals surface area contributed by atoms with Gasteiger partial charge in [0.15, 0.2) is 0 Å². The number of aryl methyl sites for hydroxylation is 1. The second kappa shape index (κ2) is 6.40. The fraction of sp³-hybridized carbons (Fsp3) is 0.615. The van der Waals surface area contributed by atoms with Crippen LogP contribution in [0.2, 0.25) is 0 Å². The summed E-state index contributed by atoms with van der Waals surface area (Å²) in [6.45, 7) is 3.67. The number of carbonyl (C=O) groups is 2. The van der Waals surface area contributed by atoms with Gasteiger partial charge >= 0.3 is 12.0 Å². The van der Waals surface area contributed by atoms with Crippen molar-refractivity contribution < 1.29 is 14.7 Å². The molecule has 0 bridgehead atoms. The van der Waals surface area contributed by atoms with Gasteiger partial charge in [-0.1, -0.05) is 6.92 Å². The number of urea groups is 1. The predicted octanol–water partition coefficient (Wildman–Crippen LogP) is 0.778. The molecule has 1 fully saturated rings. The van der Waals surface area contributed by atoms with Gasteiger partial charge in [0.05, 0.1) is 6.33 Å². The summed E-state index contributed by atoms with van der Waals surface area (Å²) < 4.78 is 1.93. The van der Waals surface area contributed by atoms with Crippen LogP contribution in [-0.4, -0.2) is 50.7 Å². The zero-order chi connectivity index (χ0) is 14.5. The summed E-state index contributed by atoms with van der Waals surface area (Å²) in [4.78, 5) is 28.5. The van der Waals surface area contributed by atoms with Gasteiger partial charge in [0.25, 0.3) is 0 Å². The first-order chi connectivity index (χ1) is 9.59. The zero-order valence-corrected chi connectivity index (χ0v) is 11.5. The molecule has 2 heterocycles. The van der Waals surface area contributed by atoms with Crippen molar-refractivity contribution in [2.45, 2.75) is 32.4 Å². The zero-order valence-electron chi connectivity index (χ0n) is 11.5. The van der Waals surface area contributed by atoms with Crippen molar-refractivity contribution in [3.63, 3.8) is 0 Å². The monoisotopic (exact) mass is 280 g/mol. The SMILES string of the molecule is CC1CCN(C(=O)NCCCn2ccnc2)C1C(=O)O. The minimum Gasteiger partial charge on any atom is -0.480 e. The molecule has 0 saturated carbocycles. The normalized spacial score (nSPS) is 21.9. The van der Waals surface area contributed by atoms with Gasteiger partial charge in [0.2, 0.25) is 0 Å². The number of amides is 2. The molecule has 2 amide bonds. The Morgan fingerprint density at radius 3 is 2.95 bits per heavy atom. The molecular formula is C13H20N4O3. The third kappa shape index (κ3) is 3.28. The van der Waals surface area contributed by atoms with Crippen LogP contribution in [0.4, 0.5) is 4.79 Å². The number of carboxylic acids is 1. The molecule has 0 aliphatic carbocycles. The van der Waals surface area contributed by atoms with Gasteiger partial charge in [-0.2, -0.15) is 0 Å². The summed E-state index contributed by atoms with van der Waals surface area (Å²) in [6, 6.07) is -0.990. The van der Waals surface area contributed by atoms with E-state index >= 15 is 0 Å². The van der Waals surface area contributed by atoms with Gasteiger partial charge in [0, 0.05) is 32.0 Å². The van der Waals surface area contributed by atoms with Gasteiger partial charge in [-0.05, 0) is 18.8 Å². The number of aliphatic carboxylic acids is 1. The molecule has 7 heteroatoms. The van der Waals surface area contributed by atoms with Crippen LogP contribution in [0.3, 0.4) is 0 Å². The average molecular weight is 280 g/mol. The van der Waals surface area contributed by atoms with Crippen LogP contribution in [0.1, 0.15) is 19.8 Å². The quantitative estimate of drug-likeness (QED) is 0.780. The van der Waals surface area contributed by atoms with Crippen LogP contribution >= 0.6 is 0 Å². The van der Waals surface area contributed by atoms with Crippen LogP contribution in [-0.2, 0) is 11.3 Å². The van der Waals surface area contributed by atoms with E-state index in [9.17, 15) is 9.59 Å². The molecule has 1 saturated heterocycles. The Labute approximate surface area is 117 Å². The molecule has 0 radical (unpaired) electrons. The first-order valence-corrected chi connectivity index (χ1v) is 6.82. The van der Waals surface area contributed by atoms with Gasteiger partial charge in [0.1, 0.15) is 6.04 Å². The Kier molecular flexibility index (Phi) is 4.60. The Balaban J connectivity index is 1.75. The van der Waals surface area contributed by atoms with Crippen molar-refractivity contribution in [1.29, 1.82) is 0 Å². The molecule has 1 aliphatic heterocycles. The van der Waals surface area contributed by atoms with Crippen molar-refractivity contribution in [3.8, 4) is 0 Å². The van der Waals surface area contributed by atoms with E-state index in [2.05, 4.69) is 10.3 Å². The lowest BCUT2D eigenvalue weighted by atomic mass is 10.0. The largest absolute Gasteiger partial charge is 0.480 e. The number of aromatic nitrogens is 2. The number of imidazole rings is 1. The maximum Gasteiger partial charge on any atom is 0.326 e. The Hall–Kier alpha value is -2.05. The topological polar surface area (TPSA) is 87.5 Å². The van der Waals surface area contributed by atoms with Crippen LogP contribution in [0.25, 0.3) is 0 Å². The van der Waals surface area contributed by atoms with E-state index in [1.807, 2.05) is 17.7 Å². The third-order valence-electron chi connectivity index (χ3n) is 3.64. The summed E-state index contributed by atoms with van der Waals surface area (Å²) in [5.74, 6) is -0.923. The average Bonchev–Trinajstić information content (AvgIpc) is 3.03. The molecule has 0 aromatic carbocycles. The lowest BCUT2D eigenvalue weighted by molar-refractivity contribution is -0.142. The molecule has 0 spiro atoms. The number of hydrogen-bond donors (Lipinski definition) is 2. The summed E-state index contributed by atoms with van der Waals surface area (Å²) in [5, 5.41) is 11.9. The number of carbonyl (C=O) groups excluding carboxylic acids is 1. The number of nitrogens with zero attached hydrogens (tertiary/aromatic N) is 3. The van der Waals surface area contributed by atoms with Crippen LogP contribution in [0.15, 0.2) is 18.7 Å². The van der Waals surface area contributed by atoms with Crippen LogP contribution in [0.5, 0.6) is 0 Å². The molecule has 20 heavy (non-hydrogen) atoms. The Bertz CT molecular complexity index is 460. The van der Waals surface area contributed by atoms with Crippen molar-refractivity contribution in [1.82, 2.24) is 19.8 Å². The highest BCUT2D eigenvalue weighted by Crippen LogP contribution is 2.23. The molecule has 7 nitrogen and oxygen atoms in total. The lowest BCUT2D eigenvalue weighted by Gasteiger charge is -2.23. The number of hydrogen-bond acceptors (Lipinski definition) is 3. The highest BCUT2D eigenvalue weighted by atomic mass is 16.4. The van der Waals surface area contributed by atoms with Crippen molar-refractivity contribution in [3.05, 3.63) is 18.7 Å². The standard InChI is InChI=1S/C13H20N4O3/c1-10-3-7-17(11(10)12(18)19)13(20)15-4-2-6-16-8-5-14-9-16/h5,8-11H,2-4,6-7H2,1H3,(H,15,20)(H,18,19). The third-order valence-corrected chi connectivity index (χ3v) is 3.64. The fourth-order valence-electron chi connectivity index (χ4n) is 2.53. The summed E-state index contributed by atoms with van der Waals surface area (Å²) in [7, 11) is 0. The molecule has 2 N–H and O–H groups in total. The summed E-state index contributed by atoms with van der Waals surface area (Å²) in [6.07, 6.45) is 6.82. The minimum absolute atomic E-state index is 0.00389. The molecule has 2 unspecified atom stereocenters. The van der Waals surface area contributed by atoms with E-state index in [0.29, 0.717) is 13.1 Å². The fourth-order valence-corrected chi connectivity index (χ4v) is 2.53. The van der Waals surface area contributed by atoms with Crippen molar-refractivity contribution >= 4 is 12.0 Å². The Morgan fingerprint density at radius 2 is 2.30 bits per heavy atom. The van der Waals surface area contributed by atoms with E-state index in [0.717, 1.165) is 19.4 Å². The van der Waals surface area contributed by atoms with Gasteiger partial charge < -0.3 is 19.9 Å². The van der Waals surface area contributed by atoms with E-state index in [1.165, 1.54) is 4.90 Å². The first-order valence-electron chi connectivity index (χ1n) is 6.82. The van der Waals surface area contributed by atoms with E-state index < -0.39 is 12.0 Å². The molecule has 2 atom stereocenters. The number of rotatable bonds is 5. The summed E-state index contributed by atoms with van der Waals surface area (Å²) in [5.41, 5.74) is 0. The molecule has 1 aromatic rings. The maximum atomic E-state index is 12.0. The van der Waals surface area contributed by atoms with Crippen LogP contribution in [0, 0.1) is 5.92 Å². The maximum absolute atomic E-state index is 12.0. The van der Waals surface area contributed by atoms with Crippen molar-refractivity contribution in [2.75, 3.05) is 13.1 Å². The number of nitrogens with one attached hydrogen (secondary N) is 1. The number of likely N-dealkylation sites (tertiary alicyclic amines) is 1. The summed E-state index contributed by atoms with van der Waals surface area (Å²) >= 11 is 0. The van der Waals surface area contributed by atoms with Gasteiger partial charge in [-0.15, -0.1) is 0 Å². The van der Waals surface area contributed by atoms with Crippen molar-refractivity contribution in [2.24, 2.45) is 5.92 Å². The highest BCUT2D eigenvalue weighted by molar-refractivity contribution is 5.83. The molecular weight excluding hydrogens is 260 g/mol. The highest BCUT2D eigenvalue weighted by Gasteiger charge is 2.39. The van der Waals surface area contributed by atoms with E-state index in [-0.39, 0.29) is 11.9 Å². The van der Waals surface area contributed by atoms with E-state index in [4.69, 9.17) is 5.11 Å². The minimum atomic E-state index is -0.927. The smallest absolute Gasteiger partial charge is 0.326 e. The second-order valence-electron chi connectivity index (χ2n) is 5.13. The van der Waals surface area contributed by atoms with Gasteiger partial charge in [-0.25, -0.2) is 14.6 Å². The first kappa shape index (κ1) is 14.4. The Morgan fingerprint density at radius 1 is 1.50 bits per heavy atom. The van der Waals surface area contributed by atoms with Gasteiger partial charge in [-0.3, -0.25) is 0 Å². The van der Waals surface area contributed by atoms with Crippen LogP contribution < -0.4 is 5.32 Å². The number of carboxylic acid groups (broad SMARTS) is 1. The molecule has 110 valence electrons. The molecule has 2 rings (SSSR count). The molecule has 1 aromatic heterocycles. The molecule has 1 aliphatic rings. The lowest BCUT2D eigenvalue weighted by Crippen LogP contribution is -2.47. The second-order valence-corrected chi connectivity index (χ2v) is 5.13. The van der Waals surface area contributed by atoms with E-state index in [1.54, 1.807) is 12.5 Å².